The number of benzene rings is 1. The minimum atomic E-state index is -0.858. The van der Waals surface area contributed by atoms with Crippen LogP contribution in [0.15, 0.2) is 24.3 Å². The van der Waals surface area contributed by atoms with Crippen molar-refractivity contribution in [1.82, 2.24) is 4.90 Å². The summed E-state index contributed by atoms with van der Waals surface area (Å²) >= 11 is 11.8. The Bertz CT molecular complexity index is 580. The van der Waals surface area contributed by atoms with Gasteiger partial charge < -0.3 is 10.0 Å². The summed E-state index contributed by atoms with van der Waals surface area (Å²) in [6.45, 7) is 2.54. The van der Waals surface area contributed by atoms with E-state index in [1.807, 2.05) is 6.92 Å². The average Bonchev–Trinajstić information content (AvgIpc) is 2.77. The first-order chi connectivity index (χ1) is 9.86. The monoisotopic (exact) mass is 327 g/mol. The molecule has 0 aromatic heterocycles. The van der Waals surface area contributed by atoms with Crippen LogP contribution in [0.25, 0.3) is 6.08 Å². The molecule has 4 nitrogen and oxygen atoms in total. The number of carboxylic acid groups (broad SMARTS) is 1. The van der Waals surface area contributed by atoms with Crippen molar-refractivity contribution in [2.24, 2.45) is 11.8 Å². The molecule has 21 heavy (non-hydrogen) atoms. The van der Waals surface area contributed by atoms with Gasteiger partial charge in [-0.05, 0) is 35.8 Å². The van der Waals surface area contributed by atoms with E-state index in [4.69, 9.17) is 28.3 Å². The number of halogens is 2. The first-order valence-electron chi connectivity index (χ1n) is 6.52. The second-order valence-corrected chi connectivity index (χ2v) is 6.07. The Labute approximate surface area is 133 Å². The normalized spacial score (nSPS) is 22.0. The van der Waals surface area contributed by atoms with Crippen LogP contribution in [0.4, 0.5) is 0 Å². The van der Waals surface area contributed by atoms with Gasteiger partial charge in [0, 0.05) is 29.2 Å². The molecule has 6 heteroatoms. The second-order valence-electron chi connectivity index (χ2n) is 5.20. The maximum absolute atomic E-state index is 12.1. The van der Waals surface area contributed by atoms with Crippen molar-refractivity contribution in [3.05, 3.63) is 39.9 Å². The summed E-state index contributed by atoms with van der Waals surface area (Å²) in [5.41, 5.74) is 0.725. The Hall–Kier alpha value is -1.52. The van der Waals surface area contributed by atoms with Gasteiger partial charge in [0.25, 0.3) is 0 Å². The number of carboxylic acids is 1. The fraction of sp³-hybridized carbons (Fsp3) is 0.333. The van der Waals surface area contributed by atoms with E-state index in [0.717, 1.165) is 5.56 Å². The van der Waals surface area contributed by atoms with E-state index >= 15 is 0 Å². The molecule has 1 fully saturated rings. The number of hydrogen-bond acceptors (Lipinski definition) is 2. The van der Waals surface area contributed by atoms with Crippen LogP contribution in [0.5, 0.6) is 0 Å². The minimum absolute atomic E-state index is 0.0412. The number of hydrogen-bond donors (Lipinski definition) is 1. The zero-order valence-corrected chi connectivity index (χ0v) is 12.9. The Morgan fingerprint density at radius 1 is 1.24 bits per heavy atom. The SMILES string of the molecule is C[C@@H]1CN(C(=O)/C=C/c2cc(Cl)cc(Cl)c2)C[C@H]1C(=O)O. The van der Waals surface area contributed by atoms with E-state index in [1.165, 1.54) is 6.08 Å². The number of amides is 1. The molecule has 1 aliphatic rings. The third-order valence-corrected chi connectivity index (χ3v) is 3.98. The average molecular weight is 328 g/mol. The molecule has 1 aromatic rings. The molecule has 0 spiro atoms. The van der Waals surface area contributed by atoms with Gasteiger partial charge in [0.15, 0.2) is 0 Å². The van der Waals surface area contributed by atoms with Gasteiger partial charge in [-0.2, -0.15) is 0 Å². The number of carbonyl (C=O) groups is 2. The molecule has 2 atom stereocenters. The molecular formula is C15H15Cl2NO3. The highest BCUT2D eigenvalue weighted by Gasteiger charge is 2.36. The standard InChI is InChI=1S/C15H15Cl2NO3/c1-9-7-18(8-13(9)15(20)21)14(19)3-2-10-4-11(16)6-12(17)5-10/h2-6,9,13H,7-8H2,1H3,(H,20,21)/b3-2+/t9-,13-/m1/s1. The molecule has 0 radical (unpaired) electrons. The summed E-state index contributed by atoms with van der Waals surface area (Å²) in [7, 11) is 0. The molecule has 1 N–H and O–H groups in total. The Balaban J connectivity index is 2.05. The van der Waals surface area contributed by atoms with E-state index in [-0.39, 0.29) is 18.4 Å². The van der Waals surface area contributed by atoms with Gasteiger partial charge in [-0.1, -0.05) is 30.1 Å². The minimum Gasteiger partial charge on any atom is -0.481 e. The molecule has 1 saturated heterocycles. The van der Waals surface area contributed by atoms with Gasteiger partial charge in [-0.15, -0.1) is 0 Å². The zero-order chi connectivity index (χ0) is 15.6. The van der Waals surface area contributed by atoms with Crippen molar-refractivity contribution in [2.75, 3.05) is 13.1 Å². The van der Waals surface area contributed by atoms with Crippen LogP contribution in [0.1, 0.15) is 12.5 Å². The third kappa shape index (κ3) is 3.99. The Morgan fingerprint density at radius 3 is 2.38 bits per heavy atom. The maximum Gasteiger partial charge on any atom is 0.308 e. The summed E-state index contributed by atoms with van der Waals surface area (Å²) in [6.07, 6.45) is 3.04. The topological polar surface area (TPSA) is 57.6 Å². The number of aliphatic carboxylic acids is 1. The summed E-state index contributed by atoms with van der Waals surface area (Å²) in [4.78, 5) is 24.7. The zero-order valence-electron chi connectivity index (χ0n) is 11.4. The molecule has 0 unspecified atom stereocenters. The number of carbonyl (C=O) groups excluding carboxylic acids is 1. The number of nitrogens with zero attached hydrogens (tertiary/aromatic N) is 1. The first kappa shape index (κ1) is 15.9. The lowest BCUT2D eigenvalue weighted by molar-refractivity contribution is -0.142. The van der Waals surface area contributed by atoms with Crippen molar-refractivity contribution in [1.29, 1.82) is 0 Å². The molecular weight excluding hydrogens is 313 g/mol. The highest BCUT2D eigenvalue weighted by atomic mass is 35.5. The van der Waals surface area contributed by atoms with E-state index in [0.29, 0.717) is 16.6 Å². The fourth-order valence-corrected chi connectivity index (χ4v) is 2.96. The lowest BCUT2D eigenvalue weighted by atomic mass is 9.99. The van der Waals surface area contributed by atoms with Gasteiger partial charge in [0.2, 0.25) is 5.91 Å². The lowest BCUT2D eigenvalue weighted by Gasteiger charge is -2.12. The van der Waals surface area contributed by atoms with Crippen molar-refractivity contribution in [3.8, 4) is 0 Å². The van der Waals surface area contributed by atoms with E-state index in [1.54, 1.807) is 29.2 Å². The molecule has 112 valence electrons. The van der Waals surface area contributed by atoms with E-state index < -0.39 is 11.9 Å². The molecule has 0 aliphatic carbocycles. The molecule has 1 amide bonds. The van der Waals surface area contributed by atoms with Crippen LogP contribution in [0.2, 0.25) is 10.0 Å². The predicted octanol–water partition coefficient (Wildman–Crippen LogP) is 3.19. The smallest absolute Gasteiger partial charge is 0.308 e. The van der Waals surface area contributed by atoms with Crippen LogP contribution in [-0.4, -0.2) is 35.0 Å². The quantitative estimate of drug-likeness (QED) is 0.867. The second kappa shape index (κ2) is 6.50. The van der Waals surface area contributed by atoms with Crippen LogP contribution < -0.4 is 0 Å². The van der Waals surface area contributed by atoms with Gasteiger partial charge in [0.1, 0.15) is 0 Å². The molecule has 0 bridgehead atoms. The largest absolute Gasteiger partial charge is 0.481 e. The predicted molar refractivity (Wildman–Crippen MR) is 82.4 cm³/mol. The summed E-state index contributed by atoms with van der Waals surface area (Å²) in [5.74, 6) is -1.60. The van der Waals surface area contributed by atoms with Crippen LogP contribution >= 0.6 is 23.2 Å². The first-order valence-corrected chi connectivity index (χ1v) is 7.28. The van der Waals surface area contributed by atoms with Gasteiger partial charge >= 0.3 is 5.97 Å². The molecule has 0 saturated carbocycles. The van der Waals surface area contributed by atoms with Crippen LogP contribution in [0, 0.1) is 11.8 Å². The van der Waals surface area contributed by atoms with Crippen molar-refractivity contribution >= 4 is 41.2 Å². The Kier molecular flexibility index (Phi) is 4.91. The molecule has 1 heterocycles. The fourth-order valence-electron chi connectivity index (χ4n) is 2.41. The van der Waals surface area contributed by atoms with Gasteiger partial charge in [0.05, 0.1) is 5.92 Å². The Morgan fingerprint density at radius 2 is 1.86 bits per heavy atom. The molecule has 1 aliphatic heterocycles. The van der Waals surface area contributed by atoms with Crippen LogP contribution in [0.3, 0.4) is 0 Å². The van der Waals surface area contributed by atoms with Crippen molar-refractivity contribution < 1.29 is 14.7 Å². The highest BCUT2D eigenvalue weighted by molar-refractivity contribution is 6.34. The van der Waals surface area contributed by atoms with Crippen molar-refractivity contribution in [3.63, 3.8) is 0 Å². The van der Waals surface area contributed by atoms with Gasteiger partial charge in [-0.25, -0.2) is 0 Å². The summed E-state index contributed by atoms with van der Waals surface area (Å²) in [5, 5.41) is 10.1. The number of rotatable bonds is 3. The van der Waals surface area contributed by atoms with Gasteiger partial charge in [-0.3, -0.25) is 9.59 Å². The third-order valence-electron chi connectivity index (χ3n) is 3.54. The highest BCUT2D eigenvalue weighted by Crippen LogP contribution is 2.24. The number of likely N-dealkylation sites (tertiary alicyclic amines) is 1. The summed E-state index contributed by atoms with van der Waals surface area (Å²) < 4.78 is 0. The molecule has 1 aromatic carbocycles. The van der Waals surface area contributed by atoms with Crippen LogP contribution in [-0.2, 0) is 9.59 Å². The lowest BCUT2D eigenvalue weighted by Crippen LogP contribution is -2.28. The molecule has 2 rings (SSSR count). The summed E-state index contributed by atoms with van der Waals surface area (Å²) in [6, 6.07) is 5.01. The van der Waals surface area contributed by atoms with E-state index in [9.17, 15) is 9.59 Å². The van der Waals surface area contributed by atoms with Crippen molar-refractivity contribution in [2.45, 2.75) is 6.92 Å². The maximum atomic E-state index is 12.1. The van der Waals surface area contributed by atoms with E-state index in [2.05, 4.69) is 0 Å².